The fourth-order valence-corrected chi connectivity index (χ4v) is 1.68. The lowest BCUT2D eigenvalue weighted by Gasteiger charge is -2.14. The number of carbonyl (C=O) groups is 1. The first-order valence-corrected chi connectivity index (χ1v) is 5.09. The maximum Gasteiger partial charge on any atom is 0.407 e. The molecule has 0 spiro atoms. The second kappa shape index (κ2) is 4.29. The summed E-state index contributed by atoms with van der Waals surface area (Å²) >= 11 is 0. The van der Waals surface area contributed by atoms with Gasteiger partial charge in [-0.1, -0.05) is 12.1 Å². The average molecular weight is 232 g/mol. The minimum Gasteiger partial charge on any atom is -0.506 e. The lowest BCUT2D eigenvalue weighted by Crippen LogP contribution is -2.23. The SMILES string of the molecule is CN(Cc1ccc(O)c2ncccc12)C(=O)O. The molecule has 2 N–H and O–H groups in total. The number of hydrogen-bond acceptors (Lipinski definition) is 3. The third-order valence-corrected chi connectivity index (χ3v) is 2.57. The van der Waals surface area contributed by atoms with Gasteiger partial charge in [0.25, 0.3) is 0 Å². The van der Waals surface area contributed by atoms with Crippen molar-refractivity contribution >= 4 is 17.0 Å². The maximum atomic E-state index is 10.8. The fraction of sp³-hybridized carbons (Fsp3) is 0.167. The van der Waals surface area contributed by atoms with Crippen LogP contribution in [0.4, 0.5) is 4.79 Å². The van der Waals surface area contributed by atoms with Gasteiger partial charge in [-0.05, 0) is 17.7 Å². The predicted molar refractivity (Wildman–Crippen MR) is 62.9 cm³/mol. The number of benzene rings is 1. The third kappa shape index (κ3) is 2.13. The highest BCUT2D eigenvalue weighted by molar-refractivity contribution is 5.87. The van der Waals surface area contributed by atoms with E-state index in [0.29, 0.717) is 5.52 Å². The Labute approximate surface area is 97.9 Å². The van der Waals surface area contributed by atoms with Crippen LogP contribution in [-0.4, -0.2) is 33.2 Å². The highest BCUT2D eigenvalue weighted by Crippen LogP contribution is 2.26. The lowest BCUT2D eigenvalue weighted by molar-refractivity contribution is 0.154. The fourth-order valence-electron chi connectivity index (χ4n) is 1.68. The molecule has 0 fully saturated rings. The number of hydrogen-bond donors (Lipinski definition) is 2. The van der Waals surface area contributed by atoms with Crippen LogP contribution >= 0.6 is 0 Å². The Balaban J connectivity index is 2.48. The number of pyridine rings is 1. The average Bonchev–Trinajstić information content (AvgIpc) is 2.33. The Kier molecular flexibility index (Phi) is 2.82. The minimum absolute atomic E-state index is 0.0994. The third-order valence-electron chi connectivity index (χ3n) is 2.57. The molecule has 1 amide bonds. The molecule has 0 aliphatic heterocycles. The van der Waals surface area contributed by atoms with Gasteiger partial charge in [-0.3, -0.25) is 4.98 Å². The zero-order chi connectivity index (χ0) is 12.4. The number of aromatic nitrogens is 1. The van der Waals surface area contributed by atoms with Crippen LogP contribution < -0.4 is 0 Å². The summed E-state index contributed by atoms with van der Waals surface area (Å²) in [5.41, 5.74) is 1.31. The van der Waals surface area contributed by atoms with Crippen molar-refractivity contribution in [3.63, 3.8) is 0 Å². The van der Waals surface area contributed by atoms with Crippen LogP contribution in [0, 0.1) is 0 Å². The van der Waals surface area contributed by atoms with Crippen molar-refractivity contribution in [1.82, 2.24) is 9.88 Å². The Bertz CT molecular complexity index is 569. The summed E-state index contributed by atoms with van der Waals surface area (Å²) in [6.07, 6.45) is 0.599. The van der Waals surface area contributed by atoms with E-state index in [1.165, 1.54) is 18.0 Å². The van der Waals surface area contributed by atoms with Gasteiger partial charge in [-0.15, -0.1) is 0 Å². The quantitative estimate of drug-likeness (QED) is 0.831. The molecule has 1 heterocycles. The Morgan fingerprint density at radius 1 is 1.41 bits per heavy atom. The molecular formula is C12H12N2O3. The number of fused-ring (bicyclic) bond motifs is 1. The van der Waals surface area contributed by atoms with Gasteiger partial charge in [-0.2, -0.15) is 0 Å². The minimum atomic E-state index is -0.991. The smallest absolute Gasteiger partial charge is 0.407 e. The summed E-state index contributed by atoms with van der Waals surface area (Å²) in [4.78, 5) is 16.0. The molecule has 17 heavy (non-hydrogen) atoms. The monoisotopic (exact) mass is 232 g/mol. The van der Waals surface area contributed by atoms with Gasteiger partial charge in [0, 0.05) is 25.2 Å². The largest absolute Gasteiger partial charge is 0.506 e. The number of rotatable bonds is 2. The van der Waals surface area contributed by atoms with Gasteiger partial charge in [0.05, 0.1) is 0 Å². The second-order valence-corrected chi connectivity index (χ2v) is 3.78. The lowest BCUT2D eigenvalue weighted by atomic mass is 10.1. The summed E-state index contributed by atoms with van der Waals surface area (Å²) in [5, 5.41) is 19.2. The molecule has 88 valence electrons. The molecule has 0 aliphatic rings. The molecule has 1 aromatic heterocycles. The Morgan fingerprint density at radius 2 is 2.18 bits per heavy atom. The van der Waals surface area contributed by atoms with Crippen molar-refractivity contribution in [2.24, 2.45) is 0 Å². The number of carboxylic acid groups (broad SMARTS) is 1. The van der Waals surface area contributed by atoms with Gasteiger partial charge in [0.15, 0.2) is 0 Å². The molecule has 0 aliphatic carbocycles. The van der Waals surface area contributed by atoms with E-state index in [9.17, 15) is 9.90 Å². The Morgan fingerprint density at radius 3 is 2.88 bits per heavy atom. The molecule has 0 saturated heterocycles. The van der Waals surface area contributed by atoms with Crippen LogP contribution in [-0.2, 0) is 6.54 Å². The van der Waals surface area contributed by atoms with E-state index in [-0.39, 0.29) is 12.3 Å². The van der Waals surface area contributed by atoms with Gasteiger partial charge < -0.3 is 15.1 Å². The first kappa shape index (κ1) is 11.2. The highest BCUT2D eigenvalue weighted by Gasteiger charge is 2.10. The number of phenolic OH excluding ortho intramolecular Hbond substituents is 1. The van der Waals surface area contributed by atoms with Crippen LogP contribution in [0.2, 0.25) is 0 Å². The van der Waals surface area contributed by atoms with E-state index in [0.717, 1.165) is 10.9 Å². The standard InChI is InChI=1S/C12H12N2O3/c1-14(12(16)17)7-8-4-5-10(15)11-9(8)3-2-6-13-11/h2-6,15H,7H2,1H3,(H,16,17). The summed E-state index contributed by atoms with van der Waals surface area (Å²) < 4.78 is 0. The van der Waals surface area contributed by atoms with Crippen molar-refractivity contribution < 1.29 is 15.0 Å². The van der Waals surface area contributed by atoms with Crippen molar-refractivity contribution in [2.75, 3.05) is 7.05 Å². The molecule has 0 bridgehead atoms. The van der Waals surface area contributed by atoms with Crippen molar-refractivity contribution in [3.8, 4) is 5.75 Å². The molecule has 0 atom stereocenters. The molecule has 0 saturated carbocycles. The molecular weight excluding hydrogens is 220 g/mol. The van der Waals surface area contributed by atoms with Gasteiger partial charge in [-0.25, -0.2) is 4.79 Å². The van der Waals surface area contributed by atoms with Crippen LogP contribution in [0.25, 0.3) is 10.9 Å². The first-order chi connectivity index (χ1) is 8.09. The zero-order valence-corrected chi connectivity index (χ0v) is 9.29. The summed E-state index contributed by atoms with van der Waals surface area (Å²) in [6.45, 7) is 0.262. The van der Waals surface area contributed by atoms with E-state index in [1.807, 2.05) is 6.07 Å². The molecule has 2 rings (SSSR count). The number of phenols is 1. The molecule has 5 heteroatoms. The van der Waals surface area contributed by atoms with Gasteiger partial charge in [0.1, 0.15) is 11.3 Å². The van der Waals surface area contributed by atoms with Crippen molar-refractivity contribution in [3.05, 3.63) is 36.0 Å². The number of aromatic hydroxyl groups is 1. The number of nitrogens with zero attached hydrogens (tertiary/aromatic N) is 2. The van der Waals surface area contributed by atoms with E-state index in [2.05, 4.69) is 4.98 Å². The van der Waals surface area contributed by atoms with E-state index >= 15 is 0 Å². The van der Waals surface area contributed by atoms with Gasteiger partial charge >= 0.3 is 6.09 Å². The maximum absolute atomic E-state index is 10.8. The van der Waals surface area contributed by atoms with Crippen molar-refractivity contribution in [2.45, 2.75) is 6.54 Å². The molecule has 5 nitrogen and oxygen atoms in total. The summed E-state index contributed by atoms with van der Waals surface area (Å²) in [7, 11) is 1.50. The first-order valence-electron chi connectivity index (χ1n) is 5.09. The molecule has 0 radical (unpaired) electrons. The van der Waals surface area contributed by atoms with Crippen LogP contribution in [0.3, 0.4) is 0 Å². The zero-order valence-electron chi connectivity index (χ0n) is 9.29. The normalized spacial score (nSPS) is 10.4. The van der Waals surface area contributed by atoms with Crippen LogP contribution in [0.5, 0.6) is 5.75 Å². The topological polar surface area (TPSA) is 73.7 Å². The van der Waals surface area contributed by atoms with E-state index in [1.54, 1.807) is 18.3 Å². The highest BCUT2D eigenvalue weighted by atomic mass is 16.4. The van der Waals surface area contributed by atoms with Crippen LogP contribution in [0.1, 0.15) is 5.56 Å². The van der Waals surface area contributed by atoms with Gasteiger partial charge in [0.2, 0.25) is 0 Å². The van der Waals surface area contributed by atoms with E-state index < -0.39 is 6.09 Å². The Hall–Kier alpha value is -2.30. The van der Waals surface area contributed by atoms with E-state index in [4.69, 9.17) is 5.11 Å². The molecule has 2 aromatic rings. The van der Waals surface area contributed by atoms with Crippen LogP contribution in [0.15, 0.2) is 30.5 Å². The predicted octanol–water partition coefficient (Wildman–Crippen LogP) is 2.05. The molecule has 1 aromatic carbocycles. The van der Waals surface area contributed by atoms with Crippen molar-refractivity contribution in [1.29, 1.82) is 0 Å². The summed E-state index contributed by atoms with van der Waals surface area (Å²) in [5.74, 6) is 0.0994. The molecule has 0 unspecified atom stereocenters. The second-order valence-electron chi connectivity index (χ2n) is 3.78. The summed E-state index contributed by atoms with van der Waals surface area (Å²) in [6, 6.07) is 6.80. The number of amides is 1.